The van der Waals surface area contributed by atoms with Crippen molar-refractivity contribution < 1.29 is 9.47 Å². The van der Waals surface area contributed by atoms with E-state index in [9.17, 15) is 4.79 Å². The molecular formula is C23H21ClN4O3S. The Balaban J connectivity index is 1.32. The Labute approximate surface area is 193 Å². The summed E-state index contributed by atoms with van der Waals surface area (Å²) in [4.78, 5) is 25.2. The van der Waals surface area contributed by atoms with Crippen LogP contribution in [0.25, 0.3) is 26.3 Å². The fourth-order valence-electron chi connectivity index (χ4n) is 3.56. The Morgan fingerprint density at radius 3 is 2.66 bits per heavy atom. The van der Waals surface area contributed by atoms with Gasteiger partial charge in [0, 0.05) is 35.6 Å². The highest BCUT2D eigenvalue weighted by atomic mass is 35.5. The first kappa shape index (κ1) is 21.1. The van der Waals surface area contributed by atoms with Gasteiger partial charge < -0.3 is 9.47 Å². The van der Waals surface area contributed by atoms with Crippen molar-refractivity contribution in [2.45, 2.75) is 0 Å². The lowest BCUT2D eigenvalue weighted by molar-refractivity contribution is 0.0320. The number of pyridine rings is 1. The van der Waals surface area contributed by atoms with Crippen molar-refractivity contribution >= 4 is 33.2 Å². The van der Waals surface area contributed by atoms with Gasteiger partial charge in [-0.05, 0) is 29.8 Å². The maximum absolute atomic E-state index is 13.1. The van der Waals surface area contributed by atoms with Gasteiger partial charge in [-0.15, -0.1) is 11.3 Å². The van der Waals surface area contributed by atoms with Crippen LogP contribution in [-0.4, -0.2) is 58.9 Å². The number of aromatic nitrogens is 3. The maximum atomic E-state index is 13.1. The number of rotatable bonds is 6. The Kier molecular flexibility index (Phi) is 6.18. The Morgan fingerprint density at radius 1 is 1.09 bits per heavy atom. The molecule has 164 valence electrons. The maximum Gasteiger partial charge on any atom is 0.275 e. The molecular weight excluding hydrogens is 448 g/mol. The zero-order valence-electron chi connectivity index (χ0n) is 17.2. The lowest BCUT2D eigenvalue weighted by Crippen LogP contribution is -2.38. The molecule has 1 aliphatic heterocycles. The predicted molar refractivity (Wildman–Crippen MR) is 126 cm³/mol. The molecule has 32 heavy (non-hydrogen) atoms. The van der Waals surface area contributed by atoms with Crippen LogP contribution in [0.1, 0.15) is 0 Å². The van der Waals surface area contributed by atoms with E-state index in [0.29, 0.717) is 33.4 Å². The molecule has 0 aliphatic carbocycles. The smallest absolute Gasteiger partial charge is 0.275 e. The van der Waals surface area contributed by atoms with Crippen LogP contribution >= 0.6 is 22.9 Å². The van der Waals surface area contributed by atoms with Gasteiger partial charge in [-0.3, -0.25) is 14.3 Å². The largest absolute Gasteiger partial charge is 0.476 e. The fraction of sp³-hybridized carbons (Fsp3) is 0.261. The SMILES string of the molecule is O=c1c2sc(-c3ccc(Cl)cc3)cc2ncn1-c1ccc(OCCN2CCOCC2)nc1. The summed E-state index contributed by atoms with van der Waals surface area (Å²) in [5.74, 6) is 0.533. The third kappa shape index (κ3) is 4.54. The topological polar surface area (TPSA) is 69.5 Å². The molecule has 0 saturated carbocycles. The lowest BCUT2D eigenvalue weighted by Gasteiger charge is -2.26. The minimum atomic E-state index is -0.122. The van der Waals surface area contributed by atoms with Gasteiger partial charge in [0.25, 0.3) is 5.56 Å². The van der Waals surface area contributed by atoms with Gasteiger partial charge >= 0.3 is 0 Å². The second-order valence-corrected chi connectivity index (χ2v) is 8.90. The van der Waals surface area contributed by atoms with Gasteiger partial charge in [-0.2, -0.15) is 0 Å². The molecule has 1 aromatic carbocycles. The molecule has 4 heterocycles. The van der Waals surface area contributed by atoms with Crippen LogP contribution in [0.5, 0.6) is 5.88 Å². The molecule has 1 aliphatic rings. The average molecular weight is 469 g/mol. The summed E-state index contributed by atoms with van der Waals surface area (Å²) < 4.78 is 13.2. The van der Waals surface area contributed by atoms with Gasteiger partial charge in [-0.1, -0.05) is 23.7 Å². The highest BCUT2D eigenvalue weighted by Crippen LogP contribution is 2.31. The Morgan fingerprint density at radius 2 is 1.91 bits per heavy atom. The van der Waals surface area contributed by atoms with Crippen molar-refractivity contribution in [2.75, 3.05) is 39.5 Å². The number of morpholine rings is 1. The molecule has 0 unspecified atom stereocenters. The summed E-state index contributed by atoms with van der Waals surface area (Å²) in [5, 5.41) is 0.677. The Hall–Kier alpha value is -2.78. The van der Waals surface area contributed by atoms with E-state index in [0.717, 1.165) is 43.3 Å². The van der Waals surface area contributed by atoms with E-state index in [1.807, 2.05) is 36.4 Å². The standard InChI is InChI=1S/C23H21ClN4O3S/c24-17-3-1-16(2-4-17)20-13-19-22(32-20)23(29)28(15-26-19)18-5-6-21(25-14-18)31-12-9-27-7-10-30-11-8-27/h1-6,13-15H,7-12H2. The minimum Gasteiger partial charge on any atom is -0.476 e. The van der Waals surface area contributed by atoms with E-state index >= 15 is 0 Å². The molecule has 1 saturated heterocycles. The van der Waals surface area contributed by atoms with Crippen LogP contribution in [-0.2, 0) is 4.74 Å². The van der Waals surface area contributed by atoms with Crippen LogP contribution < -0.4 is 10.3 Å². The van der Waals surface area contributed by atoms with Crippen molar-refractivity contribution in [3.05, 3.63) is 70.4 Å². The normalized spacial score (nSPS) is 14.7. The van der Waals surface area contributed by atoms with Gasteiger partial charge in [-0.25, -0.2) is 9.97 Å². The van der Waals surface area contributed by atoms with E-state index in [2.05, 4.69) is 14.9 Å². The molecule has 9 heteroatoms. The van der Waals surface area contributed by atoms with E-state index in [1.165, 1.54) is 15.9 Å². The second-order valence-electron chi connectivity index (χ2n) is 7.41. The number of fused-ring (bicyclic) bond motifs is 1. The van der Waals surface area contributed by atoms with Gasteiger partial charge in [0.15, 0.2) is 0 Å². The molecule has 4 aromatic rings. The third-order valence-electron chi connectivity index (χ3n) is 5.33. The zero-order valence-corrected chi connectivity index (χ0v) is 18.8. The first-order valence-electron chi connectivity index (χ1n) is 10.3. The summed E-state index contributed by atoms with van der Waals surface area (Å²) in [7, 11) is 0. The van der Waals surface area contributed by atoms with Gasteiger partial charge in [0.1, 0.15) is 17.6 Å². The first-order chi connectivity index (χ1) is 15.7. The summed E-state index contributed by atoms with van der Waals surface area (Å²) in [6, 6.07) is 13.1. The summed E-state index contributed by atoms with van der Waals surface area (Å²) >= 11 is 7.40. The van der Waals surface area contributed by atoms with E-state index in [-0.39, 0.29) is 5.56 Å². The first-order valence-corrected chi connectivity index (χ1v) is 11.5. The van der Waals surface area contributed by atoms with Gasteiger partial charge in [0.05, 0.1) is 30.6 Å². The quantitative estimate of drug-likeness (QED) is 0.428. The highest BCUT2D eigenvalue weighted by molar-refractivity contribution is 7.22. The number of ether oxygens (including phenoxy) is 2. The molecule has 0 bridgehead atoms. The zero-order chi connectivity index (χ0) is 21.9. The molecule has 0 N–H and O–H groups in total. The van der Waals surface area contributed by atoms with Crippen LogP contribution in [0.3, 0.4) is 0 Å². The molecule has 5 rings (SSSR count). The molecule has 0 spiro atoms. The second kappa shape index (κ2) is 9.38. The van der Waals surface area contributed by atoms with E-state index in [1.54, 1.807) is 18.6 Å². The Bertz CT molecular complexity index is 1270. The van der Waals surface area contributed by atoms with E-state index in [4.69, 9.17) is 21.1 Å². The monoisotopic (exact) mass is 468 g/mol. The summed E-state index contributed by atoms with van der Waals surface area (Å²) in [5.41, 5.74) is 2.20. The average Bonchev–Trinajstić information content (AvgIpc) is 3.27. The minimum absolute atomic E-state index is 0.122. The molecule has 1 fully saturated rings. The third-order valence-corrected chi connectivity index (χ3v) is 6.74. The number of hydrogen-bond acceptors (Lipinski definition) is 7. The van der Waals surface area contributed by atoms with Crippen molar-refractivity contribution in [3.8, 4) is 22.0 Å². The van der Waals surface area contributed by atoms with Gasteiger partial charge in [0.2, 0.25) is 5.88 Å². The molecule has 0 atom stereocenters. The fourth-order valence-corrected chi connectivity index (χ4v) is 4.73. The summed E-state index contributed by atoms with van der Waals surface area (Å²) in [6.45, 7) is 4.79. The molecule has 3 aromatic heterocycles. The molecule has 0 radical (unpaired) electrons. The van der Waals surface area contributed by atoms with Crippen molar-refractivity contribution in [3.63, 3.8) is 0 Å². The number of benzene rings is 1. The van der Waals surface area contributed by atoms with Crippen LogP contribution in [0.2, 0.25) is 5.02 Å². The number of thiophene rings is 1. The summed E-state index contributed by atoms with van der Waals surface area (Å²) in [6.07, 6.45) is 3.17. The van der Waals surface area contributed by atoms with Crippen LogP contribution in [0, 0.1) is 0 Å². The highest BCUT2D eigenvalue weighted by Gasteiger charge is 2.13. The number of nitrogens with zero attached hydrogens (tertiary/aromatic N) is 4. The van der Waals surface area contributed by atoms with E-state index < -0.39 is 0 Å². The van der Waals surface area contributed by atoms with Crippen molar-refractivity contribution in [1.29, 1.82) is 0 Å². The van der Waals surface area contributed by atoms with Crippen LogP contribution in [0.15, 0.2) is 59.8 Å². The predicted octanol–water partition coefficient (Wildman–Crippen LogP) is 3.87. The molecule has 7 nitrogen and oxygen atoms in total. The lowest BCUT2D eigenvalue weighted by atomic mass is 10.2. The molecule has 0 amide bonds. The number of hydrogen-bond donors (Lipinski definition) is 0. The van der Waals surface area contributed by atoms with Crippen molar-refractivity contribution in [2.24, 2.45) is 0 Å². The van der Waals surface area contributed by atoms with Crippen molar-refractivity contribution in [1.82, 2.24) is 19.4 Å². The number of halogens is 1. The van der Waals surface area contributed by atoms with Crippen LogP contribution in [0.4, 0.5) is 0 Å².